The number of hydrogen-bond donors (Lipinski definition) is 1. The van der Waals surface area contributed by atoms with E-state index in [1.807, 2.05) is 6.92 Å². The van der Waals surface area contributed by atoms with Crippen LogP contribution in [0.2, 0.25) is 0 Å². The van der Waals surface area contributed by atoms with Gasteiger partial charge in [0.15, 0.2) is 11.5 Å². The molecular formula is C23H31N3O5S. The number of methoxy groups -OCH3 is 2. The number of ether oxygens (including phenoxy) is 2. The average Bonchev–Trinajstić information content (AvgIpc) is 2.80. The number of rotatable bonds is 7. The third-order valence-electron chi connectivity index (χ3n) is 5.67. The minimum Gasteiger partial charge on any atom is -0.493 e. The molecule has 1 amide bonds. The molecule has 2 aromatic rings. The van der Waals surface area contributed by atoms with Crippen LogP contribution in [-0.4, -0.2) is 60.0 Å². The zero-order chi connectivity index (χ0) is 23.5. The summed E-state index contributed by atoms with van der Waals surface area (Å²) in [4.78, 5) is 15.6. The van der Waals surface area contributed by atoms with E-state index in [0.29, 0.717) is 22.7 Å². The lowest BCUT2D eigenvalue weighted by molar-refractivity contribution is 0.102. The first-order valence-corrected chi connectivity index (χ1v) is 12.0. The van der Waals surface area contributed by atoms with E-state index in [1.165, 1.54) is 27.3 Å². The highest BCUT2D eigenvalue weighted by molar-refractivity contribution is 7.89. The van der Waals surface area contributed by atoms with E-state index in [4.69, 9.17) is 9.47 Å². The Balaban J connectivity index is 2.04. The van der Waals surface area contributed by atoms with Crippen molar-refractivity contribution < 1.29 is 22.7 Å². The molecule has 0 bridgehead atoms. The van der Waals surface area contributed by atoms with Gasteiger partial charge in [0, 0.05) is 44.6 Å². The molecule has 32 heavy (non-hydrogen) atoms. The van der Waals surface area contributed by atoms with Gasteiger partial charge in [0.25, 0.3) is 5.91 Å². The SMILES string of the molecule is COc1cc(C)c(NC(=O)c2cc(S(=O)(=O)N(C)C)ccc2N2CCCCC2)cc1OC. The van der Waals surface area contributed by atoms with Crippen molar-refractivity contribution in [3.8, 4) is 11.5 Å². The van der Waals surface area contributed by atoms with Gasteiger partial charge in [-0.25, -0.2) is 12.7 Å². The number of nitrogens with one attached hydrogen (secondary N) is 1. The largest absolute Gasteiger partial charge is 0.493 e. The van der Waals surface area contributed by atoms with Gasteiger partial charge in [0.05, 0.1) is 24.7 Å². The topological polar surface area (TPSA) is 88.2 Å². The number of amides is 1. The fourth-order valence-electron chi connectivity index (χ4n) is 3.78. The van der Waals surface area contributed by atoms with Crippen LogP contribution in [0, 0.1) is 6.92 Å². The number of nitrogens with zero attached hydrogens (tertiary/aromatic N) is 2. The zero-order valence-corrected chi connectivity index (χ0v) is 20.1. The lowest BCUT2D eigenvalue weighted by Crippen LogP contribution is -2.32. The van der Waals surface area contributed by atoms with Gasteiger partial charge < -0.3 is 19.7 Å². The molecule has 2 aromatic carbocycles. The van der Waals surface area contributed by atoms with E-state index < -0.39 is 10.0 Å². The van der Waals surface area contributed by atoms with Gasteiger partial charge in [0.1, 0.15) is 0 Å². The molecule has 0 saturated carbocycles. The van der Waals surface area contributed by atoms with Gasteiger partial charge in [0.2, 0.25) is 10.0 Å². The van der Waals surface area contributed by atoms with Gasteiger partial charge in [-0.05, 0) is 56.0 Å². The van der Waals surface area contributed by atoms with Crippen LogP contribution >= 0.6 is 0 Å². The van der Waals surface area contributed by atoms with E-state index in [9.17, 15) is 13.2 Å². The number of sulfonamides is 1. The molecular weight excluding hydrogens is 430 g/mol. The molecule has 1 saturated heterocycles. The van der Waals surface area contributed by atoms with E-state index >= 15 is 0 Å². The van der Waals surface area contributed by atoms with Crippen molar-refractivity contribution in [1.82, 2.24) is 4.31 Å². The lowest BCUT2D eigenvalue weighted by atomic mass is 10.1. The summed E-state index contributed by atoms with van der Waals surface area (Å²) in [5.74, 6) is 0.682. The maximum absolute atomic E-state index is 13.4. The number of carbonyl (C=O) groups excluding carboxylic acids is 1. The molecule has 8 nitrogen and oxygen atoms in total. The summed E-state index contributed by atoms with van der Waals surface area (Å²) in [5, 5.41) is 2.93. The van der Waals surface area contributed by atoms with Crippen molar-refractivity contribution >= 4 is 27.3 Å². The summed E-state index contributed by atoms with van der Waals surface area (Å²) in [5.41, 5.74) is 2.42. The minimum atomic E-state index is -3.68. The van der Waals surface area contributed by atoms with Crippen molar-refractivity contribution in [3.05, 3.63) is 41.5 Å². The Morgan fingerprint density at radius 1 is 1.00 bits per heavy atom. The highest BCUT2D eigenvalue weighted by Gasteiger charge is 2.24. The Bertz CT molecular complexity index is 1090. The molecule has 0 aromatic heterocycles. The monoisotopic (exact) mass is 461 g/mol. The van der Waals surface area contributed by atoms with Crippen molar-refractivity contribution in [3.63, 3.8) is 0 Å². The minimum absolute atomic E-state index is 0.0810. The predicted molar refractivity (Wildman–Crippen MR) is 126 cm³/mol. The zero-order valence-electron chi connectivity index (χ0n) is 19.3. The maximum atomic E-state index is 13.4. The van der Waals surface area contributed by atoms with Gasteiger partial charge in [-0.2, -0.15) is 0 Å². The van der Waals surface area contributed by atoms with E-state index in [-0.39, 0.29) is 10.8 Å². The number of hydrogen-bond acceptors (Lipinski definition) is 6. The molecule has 1 heterocycles. The van der Waals surface area contributed by atoms with Gasteiger partial charge in [-0.1, -0.05) is 0 Å². The second kappa shape index (κ2) is 9.79. The first-order valence-electron chi connectivity index (χ1n) is 10.5. The predicted octanol–water partition coefficient (Wildman–Crippen LogP) is 3.51. The highest BCUT2D eigenvalue weighted by Crippen LogP contribution is 2.34. The smallest absolute Gasteiger partial charge is 0.257 e. The third-order valence-corrected chi connectivity index (χ3v) is 7.48. The standard InChI is InChI=1S/C23H31N3O5S/c1-16-13-21(30-4)22(31-5)15-19(16)24-23(27)18-14-17(32(28,29)25(2)3)9-10-20(18)26-11-7-6-8-12-26/h9-10,13-15H,6-8,11-12H2,1-5H3,(H,24,27). The van der Waals surface area contributed by atoms with E-state index in [0.717, 1.165) is 47.9 Å². The maximum Gasteiger partial charge on any atom is 0.257 e. The molecule has 0 atom stereocenters. The summed E-state index contributed by atoms with van der Waals surface area (Å²) in [7, 11) is 2.35. The Morgan fingerprint density at radius 3 is 2.22 bits per heavy atom. The van der Waals surface area contributed by atoms with Gasteiger partial charge in [-0.3, -0.25) is 4.79 Å². The summed E-state index contributed by atoms with van der Waals surface area (Å²) in [6.07, 6.45) is 3.22. The Morgan fingerprint density at radius 2 is 1.62 bits per heavy atom. The number of anilines is 2. The third kappa shape index (κ3) is 4.83. The molecule has 1 aliphatic rings. The fraction of sp³-hybridized carbons (Fsp3) is 0.435. The van der Waals surface area contributed by atoms with Crippen LogP contribution in [0.15, 0.2) is 35.2 Å². The summed E-state index contributed by atoms with van der Waals surface area (Å²) >= 11 is 0. The van der Waals surface area contributed by atoms with E-state index in [2.05, 4.69) is 10.2 Å². The van der Waals surface area contributed by atoms with Crippen LogP contribution in [0.5, 0.6) is 11.5 Å². The number of carbonyl (C=O) groups is 1. The molecule has 0 radical (unpaired) electrons. The first kappa shape index (κ1) is 23.9. The molecule has 0 spiro atoms. The summed E-state index contributed by atoms with van der Waals surface area (Å²) < 4.78 is 37.2. The molecule has 1 fully saturated rings. The van der Waals surface area contributed by atoms with Crippen LogP contribution < -0.4 is 19.7 Å². The van der Waals surface area contributed by atoms with Crippen molar-refractivity contribution in [2.75, 3.05) is 51.6 Å². The Hall–Kier alpha value is -2.78. The van der Waals surface area contributed by atoms with Gasteiger partial charge in [-0.15, -0.1) is 0 Å². The Labute approximate surface area is 190 Å². The first-order chi connectivity index (χ1) is 15.2. The molecule has 0 aliphatic carbocycles. The normalized spacial score (nSPS) is 14.4. The van der Waals surface area contributed by atoms with Crippen molar-refractivity contribution in [1.29, 1.82) is 0 Å². The fourth-order valence-corrected chi connectivity index (χ4v) is 4.71. The number of benzene rings is 2. The van der Waals surface area contributed by atoms with E-state index in [1.54, 1.807) is 31.4 Å². The second-order valence-electron chi connectivity index (χ2n) is 7.99. The Kier molecular flexibility index (Phi) is 7.30. The second-order valence-corrected chi connectivity index (χ2v) is 10.1. The van der Waals surface area contributed by atoms with Crippen molar-refractivity contribution in [2.24, 2.45) is 0 Å². The lowest BCUT2D eigenvalue weighted by Gasteiger charge is -2.30. The molecule has 3 rings (SSSR count). The van der Waals surface area contributed by atoms with Crippen LogP contribution in [0.3, 0.4) is 0 Å². The van der Waals surface area contributed by atoms with Crippen LogP contribution in [-0.2, 0) is 10.0 Å². The quantitative estimate of drug-likeness (QED) is 0.679. The van der Waals surface area contributed by atoms with Crippen LogP contribution in [0.4, 0.5) is 11.4 Å². The molecule has 174 valence electrons. The molecule has 1 aliphatic heterocycles. The summed E-state index contributed by atoms with van der Waals surface area (Å²) in [6, 6.07) is 8.25. The molecule has 9 heteroatoms. The van der Waals surface area contributed by atoms with Crippen molar-refractivity contribution in [2.45, 2.75) is 31.1 Å². The van der Waals surface area contributed by atoms with Gasteiger partial charge >= 0.3 is 0 Å². The van der Waals surface area contributed by atoms with Crippen LogP contribution in [0.1, 0.15) is 35.2 Å². The highest BCUT2D eigenvalue weighted by atomic mass is 32.2. The average molecular weight is 462 g/mol. The number of aryl methyl sites for hydroxylation is 1. The number of piperidine rings is 1. The molecule has 0 unspecified atom stereocenters. The summed E-state index contributed by atoms with van der Waals surface area (Å²) in [6.45, 7) is 3.51. The van der Waals surface area contributed by atoms with Crippen LogP contribution in [0.25, 0.3) is 0 Å². The molecule has 1 N–H and O–H groups in total.